The van der Waals surface area contributed by atoms with Crippen LogP contribution in [-0.2, 0) is 26.1 Å². The van der Waals surface area contributed by atoms with E-state index in [1.165, 1.54) is 4.68 Å². The third-order valence-electron chi connectivity index (χ3n) is 3.90. The van der Waals surface area contributed by atoms with Gasteiger partial charge < -0.3 is 9.47 Å². The Labute approximate surface area is 147 Å². The minimum Gasteiger partial charge on any atom is -0.488 e. The molecular weight excluding hydrogens is 344 g/mol. The SMILES string of the molecule is CC(C)n1nnnc1CS(=O)(=O)Cc1ccc(OC2CCOC2)cc1. The number of tetrazole rings is 1. The molecule has 3 rings (SSSR count). The molecule has 0 aliphatic carbocycles. The van der Waals surface area contributed by atoms with Crippen LogP contribution in [-0.4, -0.2) is 47.9 Å². The maximum Gasteiger partial charge on any atom is 0.166 e. The van der Waals surface area contributed by atoms with Gasteiger partial charge in [-0.2, -0.15) is 0 Å². The second-order valence-corrected chi connectivity index (χ2v) is 8.48. The quantitative estimate of drug-likeness (QED) is 0.733. The van der Waals surface area contributed by atoms with Crippen molar-refractivity contribution in [1.29, 1.82) is 0 Å². The highest BCUT2D eigenvalue weighted by Gasteiger charge is 2.20. The Morgan fingerprint density at radius 3 is 2.68 bits per heavy atom. The second kappa shape index (κ2) is 7.49. The minimum atomic E-state index is -3.37. The molecule has 8 nitrogen and oxygen atoms in total. The molecule has 0 radical (unpaired) electrons. The zero-order chi connectivity index (χ0) is 17.9. The Balaban J connectivity index is 1.63. The van der Waals surface area contributed by atoms with Crippen molar-refractivity contribution in [2.45, 2.75) is 43.9 Å². The van der Waals surface area contributed by atoms with Crippen LogP contribution in [0.5, 0.6) is 5.75 Å². The van der Waals surface area contributed by atoms with E-state index in [9.17, 15) is 8.42 Å². The predicted molar refractivity (Wildman–Crippen MR) is 90.8 cm³/mol. The molecule has 25 heavy (non-hydrogen) atoms. The highest BCUT2D eigenvalue weighted by molar-refractivity contribution is 7.89. The van der Waals surface area contributed by atoms with E-state index in [1.807, 2.05) is 13.8 Å². The van der Waals surface area contributed by atoms with Crippen molar-refractivity contribution in [3.8, 4) is 5.75 Å². The topological polar surface area (TPSA) is 96.2 Å². The molecule has 1 aliphatic rings. The summed E-state index contributed by atoms with van der Waals surface area (Å²) in [6.07, 6.45) is 0.949. The fraction of sp³-hybridized carbons (Fsp3) is 0.562. The summed E-state index contributed by atoms with van der Waals surface area (Å²) < 4.78 is 37.5. The second-order valence-electron chi connectivity index (χ2n) is 6.41. The van der Waals surface area contributed by atoms with Crippen LogP contribution < -0.4 is 4.74 Å². The molecule has 2 aromatic rings. The summed E-state index contributed by atoms with van der Waals surface area (Å²) >= 11 is 0. The largest absolute Gasteiger partial charge is 0.488 e. The van der Waals surface area contributed by atoms with Crippen molar-refractivity contribution in [1.82, 2.24) is 20.2 Å². The molecule has 1 atom stereocenters. The van der Waals surface area contributed by atoms with Gasteiger partial charge in [0.25, 0.3) is 0 Å². The molecule has 2 heterocycles. The number of benzene rings is 1. The maximum absolute atomic E-state index is 12.4. The van der Waals surface area contributed by atoms with E-state index in [4.69, 9.17) is 9.47 Å². The van der Waals surface area contributed by atoms with Crippen LogP contribution in [0.3, 0.4) is 0 Å². The zero-order valence-electron chi connectivity index (χ0n) is 14.3. The van der Waals surface area contributed by atoms with Gasteiger partial charge in [0.15, 0.2) is 15.7 Å². The van der Waals surface area contributed by atoms with E-state index in [2.05, 4.69) is 15.5 Å². The number of aromatic nitrogens is 4. The molecule has 1 fully saturated rings. The van der Waals surface area contributed by atoms with Crippen LogP contribution in [0.25, 0.3) is 0 Å². The van der Waals surface area contributed by atoms with E-state index in [0.717, 1.165) is 18.8 Å². The first-order valence-electron chi connectivity index (χ1n) is 8.23. The zero-order valence-corrected chi connectivity index (χ0v) is 15.1. The molecule has 1 aromatic carbocycles. The number of nitrogens with zero attached hydrogens (tertiary/aromatic N) is 4. The fourth-order valence-corrected chi connectivity index (χ4v) is 4.06. The van der Waals surface area contributed by atoms with E-state index in [-0.39, 0.29) is 23.7 Å². The molecular formula is C16H22N4O4S. The molecule has 0 bridgehead atoms. The fourth-order valence-electron chi connectivity index (χ4n) is 2.67. The van der Waals surface area contributed by atoms with Crippen molar-refractivity contribution < 1.29 is 17.9 Å². The molecule has 0 amide bonds. The molecule has 0 saturated carbocycles. The average molecular weight is 366 g/mol. The Hall–Kier alpha value is -2.00. The summed E-state index contributed by atoms with van der Waals surface area (Å²) in [5.74, 6) is 0.831. The maximum atomic E-state index is 12.4. The predicted octanol–water partition coefficient (Wildman–Crippen LogP) is 1.54. The molecule has 0 spiro atoms. The summed E-state index contributed by atoms with van der Waals surface area (Å²) in [4.78, 5) is 0. The number of hydrogen-bond acceptors (Lipinski definition) is 7. The molecule has 136 valence electrons. The van der Waals surface area contributed by atoms with Gasteiger partial charge in [0.1, 0.15) is 17.6 Å². The van der Waals surface area contributed by atoms with E-state index >= 15 is 0 Å². The minimum absolute atomic E-state index is 0.0104. The van der Waals surface area contributed by atoms with Gasteiger partial charge in [0.05, 0.1) is 25.0 Å². The van der Waals surface area contributed by atoms with Gasteiger partial charge in [-0.05, 0) is 42.0 Å². The Kier molecular flexibility index (Phi) is 5.33. The van der Waals surface area contributed by atoms with Crippen LogP contribution >= 0.6 is 0 Å². The normalized spacial score (nSPS) is 18.0. The summed E-state index contributed by atoms with van der Waals surface area (Å²) in [5.41, 5.74) is 0.707. The number of ether oxygens (including phenoxy) is 2. The van der Waals surface area contributed by atoms with Crippen molar-refractivity contribution >= 4 is 9.84 Å². The summed E-state index contributed by atoms with van der Waals surface area (Å²) in [6, 6.07) is 7.14. The van der Waals surface area contributed by atoms with Gasteiger partial charge in [0, 0.05) is 6.42 Å². The van der Waals surface area contributed by atoms with Crippen molar-refractivity contribution in [2.24, 2.45) is 0 Å². The van der Waals surface area contributed by atoms with E-state index in [1.54, 1.807) is 24.3 Å². The lowest BCUT2D eigenvalue weighted by Crippen LogP contribution is -2.16. The molecule has 1 saturated heterocycles. The van der Waals surface area contributed by atoms with Gasteiger partial charge in [0.2, 0.25) is 0 Å². The Morgan fingerprint density at radius 1 is 1.28 bits per heavy atom. The highest BCUT2D eigenvalue weighted by atomic mass is 32.2. The van der Waals surface area contributed by atoms with Gasteiger partial charge >= 0.3 is 0 Å². The van der Waals surface area contributed by atoms with Crippen LogP contribution in [0.1, 0.15) is 37.7 Å². The lowest BCUT2D eigenvalue weighted by atomic mass is 10.2. The summed E-state index contributed by atoms with van der Waals surface area (Å²) in [6.45, 7) is 5.12. The smallest absolute Gasteiger partial charge is 0.166 e. The van der Waals surface area contributed by atoms with Crippen LogP contribution in [0, 0.1) is 0 Å². The monoisotopic (exact) mass is 366 g/mol. The highest BCUT2D eigenvalue weighted by Crippen LogP contribution is 2.19. The molecule has 0 N–H and O–H groups in total. The van der Waals surface area contributed by atoms with Crippen LogP contribution in [0.4, 0.5) is 0 Å². The number of sulfone groups is 1. The van der Waals surface area contributed by atoms with E-state index < -0.39 is 9.84 Å². The molecule has 1 unspecified atom stereocenters. The van der Waals surface area contributed by atoms with Crippen molar-refractivity contribution in [3.63, 3.8) is 0 Å². The van der Waals surface area contributed by atoms with Gasteiger partial charge in [-0.15, -0.1) is 5.10 Å². The number of hydrogen-bond donors (Lipinski definition) is 0. The third kappa shape index (κ3) is 4.76. The Bertz CT molecular complexity index is 796. The van der Waals surface area contributed by atoms with Crippen molar-refractivity contribution in [2.75, 3.05) is 13.2 Å². The van der Waals surface area contributed by atoms with E-state index in [0.29, 0.717) is 18.0 Å². The Morgan fingerprint density at radius 2 is 2.04 bits per heavy atom. The average Bonchev–Trinajstić information content (AvgIpc) is 3.20. The lowest BCUT2D eigenvalue weighted by molar-refractivity contribution is 0.141. The number of rotatable bonds is 7. The summed E-state index contributed by atoms with van der Waals surface area (Å²) in [5, 5.41) is 11.2. The molecule has 1 aromatic heterocycles. The van der Waals surface area contributed by atoms with Gasteiger partial charge in [-0.25, -0.2) is 13.1 Å². The van der Waals surface area contributed by atoms with Crippen LogP contribution in [0.15, 0.2) is 24.3 Å². The molecule has 1 aliphatic heterocycles. The summed E-state index contributed by atoms with van der Waals surface area (Å²) in [7, 11) is -3.37. The molecule has 9 heteroatoms. The first kappa shape index (κ1) is 17.8. The van der Waals surface area contributed by atoms with Gasteiger partial charge in [-0.3, -0.25) is 0 Å². The first-order chi connectivity index (χ1) is 11.9. The van der Waals surface area contributed by atoms with Gasteiger partial charge in [-0.1, -0.05) is 12.1 Å². The first-order valence-corrected chi connectivity index (χ1v) is 10.1. The van der Waals surface area contributed by atoms with Crippen molar-refractivity contribution in [3.05, 3.63) is 35.7 Å². The standard InChI is InChI=1S/C16H22N4O4S/c1-12(2)20-16(17-18-19-20)11-25(21,22)10-13-3-5-14(6-4-13)24-15-7-8-23-9-15/h3-6,12,15H,7-11H2,1-2H3. The lowest BCUT2D eigenvalue weighted by Gasteiger charge is -2.12. The third-order valence-corrected chi connectivity index (χ3v) is 5.37. The van der Waals surface area contributed by atoms with Crippen LogP contribution in [0.2, 0.25) is 0 Å².